The quantitative estimate of drug-likeness (QED) is 0.871. The van der Waals surface area contributed by atoms with Gasteiger partial charge in [-0.05, 0) is 16.6 Å². The van der Waals surface area contributed by atoms with Crippen molar-refractivity contribution in [1.82, 2.24) is 5.32 Å². The Morgan fingerprint density at radius 1 is 1.44 bits per heavy atom. The van der Waals surface area contributed by atoms with E-state index in [2.05, 4.69) is 27.8 Å². The van der Waals surface area contributed by atoms with E-state index in [1.54, 1.807) is 18.2 Å². The van der Waals surface area contributed by atoms with E-state index in [4.69, 9.17) is 16.7 Å². The standard InChI is InChI=1S/C12H11BrClNO3/c1-7(13)6-10(12(17)18)15-11(16)8-4-2-3-5-9(8)14/h2-5,10H,1,6H2,(H,15,16)(H,17,18)/t10-/m0/s1. The van der Waals surface area contributed by atoms with Crippen LogP contribution in [0.2, 0.25) is 5.02 Å². The average Bonchev–Trinajstić information content (AvgIpc) is 2.27. The van der Waals surface area contributed by atoms with Crippen molar-refractivity contribution in [2.45, 2.75) is 12.5 Å². The van der Waals surface area contributed by atoms with Gasteiger partial charge in [-0.15, -0.1) is 0 Å². The molecule has 0 saturated carbocycles. The number of nitrogens with one attached hydrogen (secondary N) is 1. The summed E-state index contributed by atoms with van der Waals surface area (Å²) >= 11 is 8.92. The van der Waals surface area contributed by atoms with Gasteiger partial charge in [0.25, 0.3) is 5.91 Å². The summed E-state index contributed by atoms with van der Waals surface area (Å²) in [5.41, 5.74) is 0.241. The third kappa shape index (κ3) is 4.16. The highest BCUT2D eigenvalue weighted by atomic mass is 79.9. The van der Waals surface area contributed by atoms with E-state index in [0.29, 0.717) is 4.48 Å². The maximum Gasteiger partial charge on any atom is 0.326 e. The molecule has 0 aliphatic heterocycles. The SMILES string of the molecule is C=C(Br)C[C@H](NC(=O)c1ccccc1Cl)C(=O)O. The van der Waals surface area contributed by atoms with Crippen LogP contribution in [0.5, 0.6) is 0 Å². The lowest BCUT2D eigenvalue weighted by Crippen LogP contribution is -2.40. The summed E-state index contributed by atoms with van der Waals surface area (Å²) in [6.45, 7) is 3.55. The normalized spacial score (nSPS) is 11.7. The van der Waals surface area contributed by atoms with E-state index in [1.807, 2.05) is 0 Å². The van der Waals surface area contributed by atoms with Crippen LogP contribution >= 0.6 is 27.5 Å². The fourth-order valence-electron chi connectivity index (χ4n) is 1.30. The van der Waals surface area contributed by atoms with Gasteiger partial charge in [0.1, 0.15) is 6.04 Å². The maximum atomic E-state index is 11.9. The van der Waals surface area contributed by atoms with Crippen molar-refractivity contribution in [3.8, 4) is 0 Å². The minimum atomic E-state index is -1.13. The molecule has 0 fully saturated rings. The number of amides is 1. The Labute approximate surface area is 118 Å². The van der Waals surface area contributed by atoms with Gasteiger partial charge in [-0.1, -0.05) is 46.2 Å². The molecule has 0 radical (unpaired) electrons. The molecule has 1 rings (SSSR count). The van der Waals surface area contributed by atoms with Gasteiger partial charge < -0.3 is 10.4 Å². The molecule has 0 spiro atoms. The topological polar surface area (TPSA) is 66.4 Å². The molecule has 18 heavy (non-hydrogen) atoms. The van der Waals surface area contributed by atoms with E-state index >= 15 is 0 Å². The fraction of sp³-hybridized carbons (Fsp3) is 0.167. The van der Waals surface area contributed by atoms with E-state index in [1.165, 1.54) is 6.07 Å². The molecule has 0 bridgehead atoms. The van der Waals surface area contributed by atoms with Crippen molar-refractivity contribution < 1.29 is 14.7 Å². The van der Waals surface area contributed by atoms with Crippen LogP contribution in [-0.4, -0.2) is 23.0 Å². The predicted molar refractivity (Wildman–Crippen MR) is 73.0 cm³/mol. The molecule has 6 heteroatoms. The molecular weight excluding hydrogens is 321 g/mol. The van der Waals surface area contributed by atoms with E-state index < -0.39 is 17.9 Å². The van der Waals surface area contributed by atoms with Crippen LogP contribution in [0.15, 0.2) is 35.3 Å². The van der Waals surface area contributed by atoms with Crippen molar-refractivity contribution in [1.29, 1.82) is 0 Å². The van der Waals surface area contributed by atoms with Crippen LogP contribution in [-0.2, 0) is 4.79 Å². The molecule has 0 heterocycles. The van der Waals surface area contributed by atoms with Gasteiger partial charge in [-0.3, -0.25) is 4.79 Å². The fourth-order valence-corrected chi connectivity index (χ4v) is 1.85. The number of hydrogen-bond donors (Lipinski definition) is 2. The maximum absolute atomic E-state index is 11.9. The summed E-state index contributed by atoms with van der Waals surface area (Å²) < 4.78 is 0.495. The summed E-state index contributed by atoms with van der Waals surface area (Å²) in [6.07, 6.45) is 0.103. The number of benzene rings is 1. The number of aliphatic carboxylic acids is 1. The lowest BCUT2D eigenvalue weighted by molar-refractivity contribution is -0.139. The van der Waals surface area contributed by atoms with Crippen molar-refractivity contribution >= 4 is 39.4 Å². The van der Waals surface area contributed by atoms with Crippen molar-refractivity contribution in [3.63, 3.8) is 0 Å². The van der Waals surface area contributed by atoms with E-state index in [9.17, 15) is 9.59 Å². The molecular formula is C12H11BrClNO3. The van der Waals surface area contributed by atoms with Crippen LogP contribution in [0.3, 0.4) is 0 Å². The van der Waals surface area contributed by atoms with E-state index in [-0.39, 0.29) is 17.0 Å². The van der Waals surface area contributed by atoms with Crippen LogP contribution in [0.1, 0.15) is 16.8 Å². The second-order valence-electron chi connectivity index (χ2n) is 3.57. The van der Waals surface area contributed by atoms with Crippen molar-refractivity contribution in [3.05, 3.63) is 45.9 Å². The number of carboxylic acids is 1. The molecule has 0 saturated heterocycles. The first-order valence-electron chi connectivity index (χ1n) is 5.03. The first-order chi connectivity index (χ1) is 8.41. The molecule has 96 valence electrons. The number of carbonyl (C=O) groups excluding carboxylic acids is 1. The zero-order valence-corrected chi connectivity index (χ0v) is 11.7. The Balaban J connectivity index is 2.82. The summed E-state index contributed by atoms with van der Waals surface area (Å²) in [7, 11) is 0. The molecule has 4 nitrogen and oxygen atoms in total. The van der Waals surface area contributed by atoms with Crippen LogP contribution in [0.25, 0.3) is 0 Å². The lowest BCUT2D eigenvalue weighted by Gasteiger charge is -2.14. The molecule has 0 aliphatic carbocycles. The van der Waals surface area contributed by atoms with E-state index in [0.717, 1.165) is 0 Å². The van der Waals surface area contributed by atoms with Gasteiger partial charge in [0.05, 0.1) is 10.6 Å². The number of carboxylic acid groups (broad SMARTS) is 1. The summed E-state index contributed by atoms with van der Waals surface area (Å²) in [6, 6.07) is 5.39. The summed E-state index contributed by atoms with van der Waals surface area (Å²) in [4.78, 5) is 22.8. The Bertz CT molecular complexity index is 490. The smallest absolute Gasteiger partial charge is 0.326 e. The molecule has 1 aromatic carbocycles. The third-order valence-electron chi connectivity index (χ3n) is 2.15. The first-order valence-corrected chi connectivity index (χ1v) is 6.20. The average molecular weight is 333 g/mol. The minimum Gasteiger partial charge on any atom is -0.480 e. The lowest BCUT2D eigenvalue weighted by atomic mass is 10.1. The second-order valence-corrected chi connectivity index (χ2v) is 5.09. The number of hydrogen-bond acceptors (Lipinski definition) is 2. The Morgan fingerprint density at radius 3 is 2.56 bits per heavy atom. The molecule has 1 aromatic rings. The Hall–Kier alpha value is -1.33. The number of halogens is 2. The highest BCUT2D eigenvalue weighted by Crippen LogP contribution is 2.16. The highest BCUT2D eigenvalue weighted by molar-refractivity contribution is 9.11. The molecule has 0 unspecified atom stereocenters. The first kappa shape index (κ1) is 14.7. The third-order valence-corrected chi connectivity index (χ3v) is 2.80. The van der Waals surface area contributed by atoms with Gasteiger partial charge in [0.2, 0.25) is 0 Å². The molecule has 0 aromatic heterocycles. The minimum absolute atomic E-state index is 0.103. The van der Waals surface area contributed by atoms with Gasteiger partial charge in [0, 0.05) is 6.42 Å². The number of rotatable bonds is 5. The molecule has 0 aliphatic rings. The van der Waals surface area contributed by atoms with Crippen molar-refractivity contribution in [2.24, 2.45) is 0 Å². The summed E-state index contributed by atoms with van der Waals surface area (Å²) in [5, 5.41) is 11.6. The molecule has 1 amide bonds. The largest absolute Gasteiger partial charge is 0.480 e. The van der Waals surface area contributed by atoms with Gasteiger partial charge >= 0.3 is 5.97 Å². The zero-order valence-electron chi connectivity index (χ0n) is 9.32. The predicted octanol–water partition coefficient (Wildman–Crippen LogP) is 2.82. The van der Waals surface area contributed by atoms with Crippen LogP contribution in [0.4, 0.5) is 0 Å². The second kappa shape index (κ2) is 6.56. The van der Waals surface area contributed by atoms with Crippen molar-refractivity contribution in [2.75, 3.05) is 0 Å². The molecule has 2 N–H and O–H groups in total. The van der Waals surface area contributed by atoms with Gasteiger partial charge in [-0.25, -0.2) is 4.79 Å². The van der Waals surface area contributed by atoms with Crippen LogP contribution in [0, 0.1) is 0 Å². The van der Waals surface area contributed by atoms with Crippen LogP contribution < -0.4 is 5.32 Å². The van der Waals surface area contributed by atoms with Gasteiger partial charge in [-0.2, -0.15) is 0 Å². The zero-order chi connectivity index (χ0) is 13.7. The van der Waals surface area contributed by atoms with Gasteiger partial charge in [0.15, 0.2) is 0 Å². The Morgan fingerprint density at radius 2 is 2.06 bits per heavy atom. The molecule has 1 atom stereocenters. The monoisotopic (exact) mass is 331 g/mol. The Kier molecular flexibility index (Phi) is 5.37. The number of carbonyl (C=O) groups is 2. The summed E-state index contributed by atoms with van der Waals surface area (Å²) in [5.74, 6) is -1.65. The highest BCUT2D eigenvalue weighted by Gasteiger charge is 2.21.